The van der Waals surface area contributed by atoms with E-state index in [-0.39, 0.29) is 5.91 Å². The summed E-state index contributed by atoms with van der Waals surface area (Å²) in [5, 5.41) is 2.50. The van der Waals surface area contributed by atoms with Gasteiger partial charge in [0.2, 0.25) is 0 Å². The maximum atomic E-state index is 11.3. The van der Waals surface area contributed by atoms with Crippen LogP contribution in [0.15, 0.2) is 29.2 Å². The first kappa shape index (κ1) is 9.92. The number of hydrogen-bond acceptors (Lipinski definition) is 2. The van der Waals surface area contributed by atoms with Crippen molar-refractivity contribution in [3.05, 3.63) is 29.8 Å². The largest absolute Gasteiger partial charge is 0.355 e. The minimum atomic E-state index is -1.12. The highest BCUT2D eigenvalue weighted by molar-refractivity contribution is 7.84. The third-order valence-electron chi connectivity index (χ3n) is 1.67. The van der Waals surface area contributed by atoms with Crippen LogP contribution in [0.1, 0.15) is 10.4 Å². The summed E-state index contributed by atoms with van der Waals surface area (Å²) in [4.78, 5) is 11.9. The van der Waals surface area contributed by atoms with E-state index in [0.29, 0.717) is 10.5 Å². The van der Waals surface area contributed by atoms with Gasteiger partial charge in [0.05, 0.1) is 21.3 Å². The number of rotatable bonds is 2. The number of benzene rings is 1. The first-order chi connectivity index (χ1) is 6.16. The quantitative estimate of drug-likeness (QED) is 0.761. The van der Waals surface area contributed by atoms with Crippen molar-refractivity contribution in [2.75, 3.05) is 13.3 Å². The second-order valence-electron chi connectivity index (χ2n) is 2.53. The van der Waals surface area contributed by atoms with Crippen LogP contribution in [-0.2, 0) is 10.8 Å². The molecule has 0 saturated carbocycles. The van der Waals surface area contributed by atoms with Crippen molar-refractivity contribution in [1.29, 1.82) is 0 Å². The predicted molar refractivity (Wildman–Crippen MR) is 52.2 cm³/mol. The lowest BCUT2D eigenvalue weighted by atomic mass is 10.2. The molecule has 1 N–H and O–H groups in total. The van der Waals surface area contributed by atoms with Crippen molar-refractivity contribution in [3.63, 3.8) is 0 Å². The molecule has 4 heteroatoms. The molecule has 1 aromatic carbocycles. The first-order valence-corrected chi connectivity index (χ1v) is 5.37. The molecule has 0 radical (unpaired) electrons. The van der Waals surface area contributed by atoms with E-state index in [0.717, 1.165) is 0 Å². The molecule has 0 heterocycles. The molecule has 0 spiro atoms. The summed E-state index contributed by atoms with van der Waals surface area (Å²) in [6.45, 7) is 0. The maximum Gasteiger partial charge on any atom is 0.252 e. The van der Waals surface area contributed by atoms with Gasteiger partial charge in [0.1, 0.15) is 0 Å². The van der Waals surface area contributed by atoms with Gasteiger partial charge in [0, 0.05) is 13.3 Å². The summed E-state index contributed by atoms with van der Waals surface area (Å²) in [5.41, 5.74) is 0.478. The summed E-state index contributed by atoms with van der Waals surface area (Å²) in [6, 6.07) is 6.88. The SMILES string of the molecule is CNC(=O)c1ccccc1S(C)=O. The van der Waals surface area contributed by atoms with Gasteiger partial charge >= 0.3 is 0 Å². The Balaban J connectivity index is 3.19. The van der Waals surface area contributed by atoms with Crippen molar-refractivity contribution in [2.24, 2.45) is 0 Å². The van der Waals surface area contributed by atoms with Crippen molar-refractivity contribution in [3.8, 4) is 0 Å². The van der Waals surface area contributed by atoms with Crippen LogP contribution in [0.4, 0.5) is 0 Å². The Morgan fingerprint density at radius 2 is 2.00 bits per heavy atom. The van der Waals surface area contributed by atoms with Gasteiger partial charge in [-0.2, -0.15) is 0 Å². The topological polar surface area (TPSA) is 46.2 Å². The molecule has 13 heavy (non-hydrogen) atoms. The molecule has 0 aromatic heterocycles. The van der Waals surface area contributed by atoms with Gasteiger partial charge in [0.25, 0.3) is 5.91 Å². The van der Waals surface area contributed by atoms with E-state index >= 15 is 0 Å². The van der Waals surface area contributed by atoms with Gasteiger partial charge in [-0.3, -0.25) is 9.00 Å². The third kappa shape index (κ3) is 2.15. The monoisotopic (exact) mass is 197 g/mol. The lowest BCUT2D eigenvalue weighted by Crippen LogP contribution is -2.19. The number of amides is 1. The fourth-order valence-corrected chi connectivity index (χ4v) is 1.78. The Morgan fingerprint density at radius 1 is 1.38 bits per heavy atom. The number of nitrogens with one attached hydrogen (secondary N) is 1. The molecule has 1 rings (SSSR count). The van der Waals surface area contributed by atoms with Crippen LogP contribution in [0, 0.1) is 0 Å². The first-order valence-electron chi connectivity index (χ1n) is 3.81. The highest BCUT2D eigenvalue weighted by Crippen LogP contribution is 2.11. The van der Waals surface area contributed by atoms with Crippen LogP contribution in [-0.4, -0.2) is 23.4 Å². The minimum absolute atomic E-state index is 0.203. The normalized spacial score (nSPS) is 12.2. The van der Waals surface area contributed by atoms with Crippen LogP contribution in [0.25, 0.3) is 0 Å². The van der Waals surface area contributed by atoms with Crippen molar-refractivity contribution in [2.45, 2.75) is 4.90 Å². The zero-order valence-corrected chi connectivity index (χ0v) is 8.35. The van der Waals surface area contributed by atoms with Gasteiger partial charge in [0.15, 0.2) is 0 Å². The van der Waals surface area contributed by atoms with Crippen LogP contribution in [0.2, 0.25) is 0 Å². The molecule has 1 aromatic rings. The molecule has 70 valence electrons. The Morgan fingerprint density at radius 3 is 2.54 bits per heavy atom. The van der Waals surface area contributed by atoms with Gasteiger partial charge in [-0.1, -0.05) is 12.1 Å². The van der Waals surface area contributed by atoms with Gasteiger partial charge in [-0.15, -0.1) is 0 Å². The van der Waals surface area contributed by atoms with E-state index in [1.165, 1.54) is 0 Å². The lowest BCUT2D eigenvalue weighted by Gasteiger charge is -2.04. The Hall–Kier alpha value is -1.16. The minimum Gasteiger partial charge on any atom is -0.355 e. The molecule has 0 aliphatic carbocycles. The third-order valence-corrected chi connectivity index (χ3v) is 2.64. The fraction of sp³-hybridized carbons (Fsp3) is 0.222. The molecular weight excluding hydrogens is 186 g/mol. The van der Waals surface area contributed by atoms with Crippen molar-refractivity contribution in [1.82, 2.24) is 5.32 Å². The highest BCUT2D eigenvalue weighted by atomic mass is 32.2. The molecule has 0 aliphatic heterocycles. The van der Waals surface area contributed by atoms with Crippen molar-refractivity contribution >= 4 is 16.7 Å². The second-order valence-corrected chi connectivity index (χ2v) is 3.88. The second kappa shape index (κ2) is 4.18. The van der Waals surface area contributed by atoms with E-state index in [1.54, 1.807) is 37.6 Å². The van der Waals surface area contributed by atoms with Crippen LogP contribution < -0.4 is 5.32 Å². The number of carbonyl (C=O) groups excluding carboxylic acids is 1. The summed E-state index contributed by atoms with van der Waals surface area (Å²) in [7, 11) is 0.430. The standard InChI is InChI=1S/C9H11NO2S/c1-10-9(11)7-5-3-4-6-8(7)13(2)12/h3-6H,1-2H3,(H,10,11). The van der Waals surface area contributed by atoms with E-state index in [9.17, 15) is 9.00 Å². The van der Waals surface area contributed by atoms with Crippen LogP contribution >= 0.6 is 0 Å². The molecule has 1 atom stereocenters. The van der Waals surface area contributed by atoms with Crippen molar-refractivity contribution < 1.29 is 9.00 Å². The molecule has 1 amide bonds. The Kier molecular flexibility index (Phi) is 3.19. The zero-order valence-electron chi connectivity index (χ0n) is 7.53. The summed E-state index contributed by atoms with van der Waals surface area (Å²) in [6.07, 6.45) is 1.56. The van der Waals surface area contributed by atoms with E-state index < -0.39 is 10.8 Å². The molecule has 1 unspecified atom stereocenters. The zero-order chi connectivity index (χ0) is 9.84. The molecule has 0 aliphatic rings. The Labute approximate surface area is 79.6 Å². The average molecular weight is 197 g/mol. The lowest BCUT2D eigenvalue weighted by molar-refractivity contribution is 0.0960. The predicted octanol–water partition coefficient (Wildman–Crippen LogP) is 0.784. The smallest absolute Gasteiger partial charge is 0.252 e. The summed E-state index contributed by atoms with van der Waals surface area (Å²) in [5.74, 6) is -0.203. The highest BCUT2D eigenvalue weighted by Gasteiger charge is 2.10. The molecule has 0 bridgehead atoms. The van der Waals surface area contributed by atoms with Crippen LogP contribution in [0.5, 0.6) is 0 Å². The molecular formula is C9H11NO2S. The molecule has 3 nitrogen and oxygen atoms in total. The maximum absolute atomic E-state index is 11.3. The summed E-state index contributed by atoms with van der Waals surface area (Å²) < 4.78 is 11.2. The molecule has 0 fully saturated rings. The average Bonchev–Trinajstić information content (AvgIpc) is 2.16. The van der Waals surface area contributed by atoms with E-state index in [1.807, 2.05) is 0 Å². The van der Waals surface area contributed by atoms with Gasteiger partial charge in [-0.25, -0.2) is 0 Å². The molecule has 0 saturated heterocycles. The van der Waals surface area contributed by atoms with Gasteiger partial charge in [-0.05, 0) is 12.1 Å². The van der Waals surface area contributed by atoms with Crippen LogP contribution in [0.3, 0.4) is 0 Å². The summed E-state index contributed by atoms with van der Waals surface area (Å²) >= 11 is 0. The van der Waals surface area contributed by atoms with E-state index in [2.05, 4.69) is 5.32 Å². The van der Waals surface area contributed by atoms with E-state index in [4.69, 9.17) is 0 Å². The number of hydrogen-bond donors (Lipinski definition) is 1. The number of carbonyl (C=O) groups is 1. The fourth-order valence-electron chi connectivity index (χ4n) is 1.04. The Bertz CT molecular complexity index is 349. The van der Waals surface area contributed by atoms with Gasteiger partial charge < -0.3 is 5.32 Å².